The predicted octanol–water partition coefficient (Wildman–Crippen LogP) is 6.30. The van der Waals surface area contributed by atoms with Crippen LogP contribution in [0.3, 0.4) is 0 Å². The van der Waals surface area contributed by atoms with Crippen molar-refractivity contribution >= 4 is 52.0 Å². The number of hydrogen-bond donors (Lipinski definition) is 0. The Morgan fingerprint density at radius 2 is 1.86 bits per heavy atom. The molecule has 0 spiro atoms. The minimum Gasteiger partial charge on any atom is -0.369 e. The molecule has 1 atom stereocenters. The van der Waals surface area contributed by atoms with Crippen LogP contribution in [0, 0.1) is 0 Å². The Bertz CT molecular complexity index is 1030. The van der Waals surface area contributed by atoms with Gasteiger partial charge < -0.3 is 4.90 Å². The van der Waals surface area contributed by atoms with E-state index < -0.39 is 0 Å². The fourth-order valence-electron chi connectivity index (χ4n) is 4.12. The van der Waals surface area contributed by atoms with Crippen molar-refractivity contribution in [1.82, 2.24) is 0 Å². The van der Waals surface area contributed by atoms with Gasteiger partial charge in [-0.15, -0.1) is 0 Å². The zero-order chi connectivity index (χ0) is 20.9. The molecule has 2 aromatic rings. The lowest BCUT2D eigenvalue weighted by Gasteiger charge is -2.45. The van der Waals surface area contributed by atoms with Gasteiger partial charge in [-0.25, -0.2) is 4.90 Å². The maximum absolute atomic E-state index is 12.9. The second-order valence-corrected chi connectivity index (χ2v) is 9.66. The number of benzene rings is 2. The Hall–Kier alpha value is -2.24. The fourth-order valence-corrected chi connectivity index (χ4v) is 5.17. The van der Waals surface area contributed by atoms with Gasteiger partial charge in [0.2, 0.25) is 0 Å². The predicted molar refractivity (Wildman–Crippen MR) is 122 cm³/mol. The highest BCUT2D eigenvalue weighted by Gasteiger charge is 2.37. The van der Waals surface area contributed by atoms with Crippen LogP contribution in [0.2, 0.25) is 5.02 Å². The Morgan fingerprint density at radius 1 is 1.17 bits per heavy atom. The van der Waals surface area contributed by atoms with Crippen LogP contribution in [-0.2, 0) is 4.79 Å². The molecule has 0 aromatic heterocycles. The van der Waals surface area contributed by atoms with Crippen LogP contribution in [0.15, 0.2) is 47.4 Å². The first-order valence-electron chi connectivity index (χ1n) is 9.59. The van der Waals surface area contributed by atoms with Crippen molar-refractivity contribution in [2.45, 2.75) is 38.6 Å². The number of hydrogen-bond acceptors (Lipinski definition) is 4. The summed E-state index contributed by atoms with van der Waals surface area (Å²) in [5, 5.41) is 0.281. The fraction of sp³-hybridized carbons (Fsp3) is 0.304. The van der Waals surface area contributed by atoms with Crippen molar-refractivity contribution in [1.29, 1.82) is 0 Å². The van der Waals surface area contributed by atoms with Gasteiger partial charge in [0.15, 0.2) is 0 Å². The van der Waals surface area contributed by atoms with E-state index in [9.17, 15) is 9.59 Å². The molecule has 4 nitrogen and oxygen atoms in total. The van der Waals surface area contributed by atoms with Crippen molar-refractivity contribution in [3.63, 3.8) is 0 Å². The van der Waals surface area contributed by atoms with Gasteiger partial charge in [-0.05, 0) is 79.4 Å². The number of thioether (sulfide) groups is 1. The molecule has 1 fully saturated rings. The number of imide groups is 1. The second kappa shape index (κ2) is 7.22. The zero-order valence-corrected chi connectivity index (χ0v) is 18.5. The summed E-state index contributed by atoms with van der Waals surface area (Å²) in [6, 6.07) is 13.0. The van der Waals surface area contributed by atoms with Crippen molar-refractivity contribution in [2.24, 2.45) is 0 Å². The molecule has 1 unspecified atom stereocenters. The molecule has 150 valence electrons. The van der Waals surface area contributed by atoms with E-state index in [4.69, 9.17) is 11.6 Å². The molecular formula is C23H23ClN2O2S. The molecule has 2 aliphatic heterocycles. The van der Waals surface area contributed by atoms with Gasteiger partial charge in [0.25, 0.3) is 11.1 Å². The van der Waals surface area contributed by atoms with Crippen LogP contribution in [0.4, 0.5) is 16.2 Å². The third-order valence-corrected chi connectivity index (χ3v) is 7.04. The molecule has 2 aliphatic rings. The molecule has 4 rings (SSSR count). The van der Waals surface area contributed by atoms with E-state index in [-0.39, 0.29) is 16.7 Å². The van der Waals surface area contributed by atoms with E-state index in [1.54, 1.807) is 18.2 Å². The van der Waals surface area contributed by atoms with Crippen LogP contribution >= 0.6 is 23.4 Å². The van der Waals surface area contributed by atoms with Crippen LogP contribution in [-0.4, -0.2) is 23.7 Å². The third-order valence-electron chi connectivity index (χ3n) is 5.85. The van der Waals surface area contributed by atoms with Gasteiger partial charge in [0.05, 0.1) is 10.6 Å². The highest BCUT2D eigenvalue weighted by atomic mass is 35.5. The number of carbonyl (C=O) groups is 2. The monoisotopic (exact) mass is 426 g/mol. The first-order chi connectivity index (χ1) is 13.7. The Balaban J connectivity index is 1.72. The Morgan fingerprint density at radius 3 is 2.55 bits per heavy atom. The maximum atomic E-state index is 12.9. The topological polar surface area (TPSA) is 40.6 Å². The number of para-hydroxylation sites is 1. The van der Waals surface area contributed by atoms with Gasteiger partial charge in [-0.1, -0.05) is 36.7 Å². The number of carbonyl (C=O) groups excluding carboxylic acids is 2. The van der Waals surface area contributed by atoms with Crippen LogP contribution in [0.5, 0.6) is 0 Å². The number of anilines is 2. The van der Waals surface area contributed by atoms with Gasteiger partial charge in [0.1, 0.15) is 0 Å². The standard InChI is InChI=1S/C23H23ClN2O2S/c1-14-13-23(2,3)25(4)19-12-18(24)15(10-17(14)19)11-20-21(27)26(22(28)29-20)16-8-6-5-7-9-16/h5-12,14H,13H2,1-4H3/b20-11+. The molecule has 1 saturated heterocycles. The average molecular weight is 427 g/mol. The summed E-state index contributed by atoms with van der Waals surface area (Å²) < 4.78 is 0. The van der Waals surface area contributed by atoms with Crippen LogP contribution in [0.1, 0.15) is 44.2 Å². The number of fused-ring (bicyclic) bond motifs is 1. The lowest BCUT2D eigenvalue weighted by molar-refractivity contribution is -0.113. The molecule has 2 aromatic carbocycles. The number of halogens is 1. The smallest absolute Gasteiger partial charge is 0.298 e. The van der Waals surface area contributed by atoms with Crippen molar-refractivity contribution < 1.29 is 9.59 Å². The summed E-state index contributed by atoms with van der Waals surface area (Å²) in [6.07, 6.45) is 2.77. The normalized spacial score (nSPS) is 22.4. The second-order valence-electron chi connectivity index (χ2n) is 8.26. The van der Waals surface area contributed by atoms with E-state index in [0.717, 1.165) is 29.4 Å². The third kappa shape index (κ3) is 3.47. The van der Waals surface area contributed by atoms with Gasteiger partial charge >= 0.3 is 0 Å². The quantitative estimate of drug-likeness (QED) is 0.528. The molecule has 0 aliphatic carbocycles. The number of amides is 2. The lowest BCUT2D eigenvalue weighted by Crippen LogP contribution is -2.45. The molecule has 0 radical (unpaired) electrons. The first kappa shape index (κ1) is 20.0. The van der Waals surface area contributed by atoms with E-state index in [0.29, 0.717) is 21.5 Å². The molecule has 0 N–H and O–H groups in total. The molecule has 6 heteroatoms. The Labute approximate surface area is 180 Å². The zero-order valence-electron chi connectivity index (χ0n) is 16.9. The Kier molecular flexibility index (Phi) is 4.99. The SMILES string of the molecule is CC1CC(C)(C)N(C)c2cc(Cl)c(/C=C3/SC(=O)N(c4ccccc4)C3=O)cc21. The van der Waals surface area contributed by atoms with Gasteiger partial charge in [-0.2, -0.15) is 0 Å². The molecule has 29 heavy (non-hydrogen) atoms. The average Bonchev–Trinajstić information content (AvgIpc) is 2.95. The first-order valence-corrected chi connectivity index (χ1v) is 10.8. The van der Waals surface area contributed by atoms with E-state index in [2.05, 4.69) is 38.8 Å². The van der Waals surface area contributed by atoms with E-state index >= 15 is 0 Å². The van der Waals surface area contributed by atoms with Crippen molar-refractivity contribution in [3.8, 4) is 0 Å². The highest BCUT2D eigenvalue weighted by Crippen LogP contribution is 2.45. The van der Waals surface area contributed by atoms with Crippen molar-refractivity contribution in [3.05, 3.63) is 63.5 Å². The number of nitrogens with zero attached hydrogens (tertiary/aromatic N) is 2. The van der Waals surface area contributed by atoms with Crippen LogP contribution in [0.25, 0.3) is 6.08 Å². The van der Waals surface area contributed by atoms with Crippen molar-refractivity contribution in [2.75, 3.05) is 16.8 Å². The summed E-state index contributed by atoms with van der Waals surface area (Å²) in [5.74, 6) is 0.0614. The summed E-state index contributed by atoms with van der Waals surface area (Å²) in [5.41, 5.74) is 3.73. The molecule has 0 bridgehead atoms. The molecule has 0 saturated carbocycles. The van der Waals surface area contributed by atoms with Gasteiger partial charge in [0, 0.05) is 23.3 Å². The lowest BCUT2D eigenvalue weighted by atomic mass is 9.80. The molecular weight excluding hydrogens is 404 g/mol. The van der Waals surface area contributed by atoms with E-state index in [1.807, 2.05) is 24.3 Å². The van der Waals surface area contributed by atoms with E-state index in [1.165, 1.54) is 10.5 Å². The summed E-state index contributed by atoms with van der Waals surface area (Å²) >= 11 is 7.54. The van der Waals surface area contributed by atoms with Crippen LogP contribution < -0.4 is 9.80 Å². The summed E-state index contributed by atoms with van der Waals surface area (Å²) in [6.45, 7) is 6.68. The minimum atomic E-state index is -0.314. The maximum Gasteiger partial charge on any atom is 0.298 e. The largest absolute Gasteiger partial charge is 0.369 e. The summed E-state index contributed by atoms with van der Waals surface area (Å²) in [7, 11) is 2.09. The highest BCUT2D eigenvalue weighted by molar-refractivity contribution is 8.19. The number of rotatable bonds is 2. The molecule has 2 amide bonds. The summed E-state index contributed by atoms with van der Waals surface area (Å²) in [4.78, 5) is 29.2. The minimum absolute atomic E-state index is 0.0512. The van der Waals surface area contributed by atoms with Gasteiger partial charge in [-0.3, -0.25) is 9.59 Å². The molecule has 2 heterocycles.